The fraction of sp³-hybridized carbons (Fsp3) is 0.259. The Hall–Kier alpha value is -3.11. The number of aryl methyl sites for hydroxylation is 2. The Morgan fingerprint density at radius 2 is 1.78 bits per heavy atom. The average Bonchev–Trinajstić information content (AvgIpc) is 3.45. The van der Waals surface area contributed by atoms with E-state index >= 15 is 0 Å². The topological polar surface area (TPSA) is 46.4 Å². The van der Waals surface area contributed by atoms with Crippen molar-refractivity contribution in [2.24, 2.45) is 0 Å². The standard InChI is InChI=1S/C27H26ClN3O/c1-18-7-8-20(24-17-31-15-5-6-19(2)25(31)29-24)16-23(18)30-26(32)27(13-3-4-14-27)21-9-11-22(28)12-10-21/h5-12,15-17H,3-4,13-14H2,1-2H3,(H,30,32). The molecule has 0 unspecified atom stereocenters. The highest BCUT2D eigenvalue weighted by Gasteiger charge is 2.42. The molecule has 5 heteroatoms. The van der Waals surface area contributed by atoms with Crippen molar-refractivity contribution in [2.75, 3.05) is 5.32 Å². The van der Waals surface area contributed by atoms with E-state index in [1.165, 1.54) is 0 Å². The Kier molecular flexibility index (Phi) is 5.26. The second kappa shape index (κ2) is 8.10. The molecule has 0 bridgehead atoms. The van der Waals surface area contributed by atoms with Crippen molar-refractivity contribution in [3.8, 4) is 11.3 Å². The maximum absolute atomic E-state index is 13.6. The number of nitrogens with one attached hydrogen (secondary N) is 1. The van der Waals surface area contributed by atoms with Gasteiger partial charge in [-0.2, -0.15) is 0 Å². The van der Waals surface area contributed by atoms with Crippen molar-refractivity contribution in [3.05, 3.63) is 88.7 Å². The molecule has 1 saturated carbocycles. The molecule has 0 saturated heterocycles. The summed E-state index contributed by atoms with van der Waals surface area (Å²) in [6.45, 7) is 4.08. The monoisotopic (exact) mass is 443 g/mol. The number of aromatic nitrogens is 2. The first-order valence-corrected chi connectivity index (χ1v) is 11.5. The predicted molar refractivity (Wildman–Crippen MR) is 130 cm³/mol. The molecule has 5 rings (SSSR count). The Bertz CT molecular complexity index is 1300. The predicted octanol–water partition coefficient (Wildman–Crippen LogP) is 6.72. The highest BCUT2D eigenvalue weighted by atomic mass is 35.5. The Balaban J connectivity index is 1.48. The number of halogens is 1. The van der Waals surface area contributed by atoms with E-state index in [4.69, 9.17) is 16.6 Å². The molecule has 2 aromatic carbocycles. The second-order valence-corrected chi connectivity index (χ2v) is 9.26. The zero-order valence-corrected chi connectivity index (χ0v) is 19.1. The molecule has 1 aliphatic carbocycles. The van der Waals surface area contributed by atoms with Gasteiger partial charge in [-0.3, -0.25) is 4.79 Å². The van der Waals surface area contributed by atoms with Crippen LogP contribution in [-0.4, -0.2) is 15.3 Å². The van der Waals surface area contributed by atoms with Gasteiger partial charge in [-0.15, -0.1) is 0 Å². The minimum absolute atomic E-state index is 0.0587. The summed E-state index contributed by atoms with van der Waals surface area (Å²) in [4.78, 5) is 18.5. The highest BCUT2D eigenvalue weighted by molar-refractivity contribution is 6.30. The number of hydrogen-bond donors (Lipinski definition) is 1. The number of amides is 1. The first-order valence-electron chi connectivity index (χ1n) is 11.1. The molecule has 0 aliphatic heterocycles. The minimum Gasteiger partial charge on any atom is -0.325 e. The number of carbonyl (C=O) groups excluding carboxylic acids is 1. The van der Waals surface area contributed by atoms with E-state index in [1.807, 2.05) is 66.2 Å². The van der Waals surface area contributed by atoms with Gasteiger partial charge in [0.2, 0.25) is 5.91 Å². The molecule has 4 nitrogen and oxygen atoms in total. The molecule has 0 spiro atoms. The highest BCUT2D eigenvalue weighted by Crippen LogP contribution is 2.42. The minimum atomic E-state index is -0.507. The molecule has 0 atom stereocenters. The number of anilines is 1. The molecule has 1 aliphatic rings. The maximum Gasteiger partial charge on any atom is 0.235 e. The van der Waals surface area contributed by atoms with Crippen LogP contribution in [0.15, 0.2) is 67.0 Å². The first-order chi connectivity index (χ1) is 15.5. The van der Waals surface area contributed by atoms with Crippen LogP contribution in [0.5, 0.6) is 0 Å². The van der Waals surface area contributed by atoms with Gasteiger partial charge in [-0.05, 0) is 67.6 Å². The quantitative estimate of drug-likeness (QED) is 0.380. The molecule has 2 heterocycles. The van der Waals surface area contributed by atoms with Crippen molar-refractivity contribution < 1.29 is 4.79 Å². The van der Waals surface area contributed by atoms with Crippen molar-refractivity contribution in [1.82, 2.24) is 9.38 Å². The zero-order valence-electron chi connectivity index (χ0n) is 18.4. The van der Waals surface area contributed by atoms with Gasteiger partial charge in [0.05, 0.1) is 11.1 Å². The Morgan fingerprint density at radius 1 is 1.03 bits per heavy atom. The van der Waals surface area contributed by atoms with E-state index in [-0.39, 0.29) is 5.91 Å². The molecular weight excluding hydrogens is 418 g/mol. The van der Waals surface area contributed by atoms with E-state index in [2.05, 4.69) is 24.4 Å². The molecule has 0 radical (unpaired) electrons. The van der Waals surface area contributed by atoms with Crippen LogP contribution < -0.4 is 5.32 Å². The van der Waals surface area contributed by atoms with Crippen LogP contribution in [0.2, 0.25) is 5.02 Å². The van der Waals surface area contributed by atoms with Gasteiger partial charge in [0, 0.05) is 28.7 Å². The lowest BCUT2D eigenvalue weighted by Gasteiger charge is -2.29. The third-order valence-corrected chi connectivity index (χ3v) is 7.00. The van der Waals surface area contributed by atoms with E-state index in [0.717, 1.165) is 65.0 Å². The SMILES string of the molecule is Cc1ccc(-c2cn3cccc(C)c3n2)cc1NC(=O)C1(c2ccc(Cl)cc2)CCCC1. The number of imidazole rings is 1. The summed E-state index contributed by atoms with van der Waals surface area (Å²) in [5, 5.41) is 3.94. The third-order valence-electron chi connectivity index (χ3n) is 6.75. The lowest BCUT2D eigenvalue weighted by atomic mass is 9.78. The number of benzene rings is 2. The summed E-state index contributed by atoms with van der Waals surface area (Å²) in [6, 6.07) is 18.0. The lowest BCUT2D eigenvalue weighted by molar-refractivity contribution is -0.121. The van der Waals surface area contributed by atoms with E-state index in [1.54, 1.807) is 0 Å². The fourth-order valence-corrected chi connectivity index (χ4v) is 4.97. The van der Waals surface area contributed by atoms with Crippen LogP contribution in [-0.2, 0) is 10.2 Å². The van der Waals surface area contributed by atoms with Crippen molar-refractivity contribution in [2.45, 2.75) is 44.9 Å². The van der Waals surface area contributed by atoms with Gasteiger partial charge in [-0.25, -0.2) is 4.98 Å². The van der Waals surface area contributed by atoms with Gasteiger partial charge >= 0.3 is 0 Å². The molecule has 2 aromatic heterocycles. The van der Waals surface area contributed by atoms with Crippen LogP contribution in [0.4, 0.5) is 5.69 Å². The lowest BCUT2D eigenvalue weighted by Crippen LogP contribution is -2.38. The fourth-order valence-electron chi connectivity index (χ4n) is 4.85. The molecule has 1 N–H and O–H groups in total. The second-order valence-electron chi connectivity index (χ2n) is 8.83. The summed E-state index contributed by atoms with van der Waals surface area (Å²) in [7, 11) is 0. The van der Waals surface area contributed by atoms with Crippen LogP contribution in [0.25, 0.3) is 16.9 Å². The van der Waals surface area contributed by atoms with Crippen molar-refractivity contribution in [1.29, 1.82) is 0 Å². The van der Waals surface area contributed by atoms with E-state index < -0.39 is 5.41 Å². The summed E-state index contributed by atoms with van der Waals surface area (Å²) >= 11 is 6.10. The summed E-state index contributed by atoms with van der Waals surface area (Å²) in [5.41, 5.74) is 6.36. The Labute approximate surface area is 193 Å². The van der Waals surface area contributed by atoms with Crippen molar-refractivity contribution in [3.63, 3.8) is 0 Å². The number of rotatable bonds is 4. The number of fused-ring (bicyclic) bond motifs is 1. The molecule has 4 aromatic rings. The normalized spacial score (nSPS) is 15.2. The van der Waals surface area contributed by atoms with E-state index in [0.29, 0.717) is 5.02 Å². The summed E-state index contributed by atoms with van der Waals surface area (Å²) in [5.74, 6) is 0.0587. The first kappa shape index (κ1) is 20.8. The molecule has 1 fully saturated rings. The summed E-state index contributed by atoms with van der Waals surface area (Å²) in [6.07, 6.45) is 7.84. The molecule has 162 valence electrons. The van der Waals surface area contributed by atoms with Crippen LogP contribution in [0, 0.1) is 13.8 Å². The Morgan fingerprint density at radius 3 is 2.50 bits per heavy atom. The largest absolute Gasteiger partial charge is 0.325 e. The summed E-state index contributed by atoms with van der Waals surface area (Å²) < 4.78 is 2.04. The third kappa shape index (κ3) is 3.59. The van der Waals surface area contributed by atoms with Crippen LogP contribution in [0.3, 0.4) is 0 Å². The van der Waals surface area contributed by atoms with Gasteiger partial charge in [0.25, 0.3) is 0 Å². The van der Waals surface area contributed by atoms with Gasteiger partial charge in [0.15, 0.2) is 0 Å². The number of nitrogens with zero attached hydrogens (tertiary/aromatic N) is 2. The maximum atomic E-state index is 13.6. The number of carbonyl (C=O) groups is 1. The van der Waals surface area contributed by atoms with Gasteiger partial charge < -0.3 is 9.72 Å². The smallest absolute Gasteiger partial charge is 0.235 e. The number of hydrogen-bond acceptors (Lipinski definition) is 2. The molecule has 32 heavy (non-hydrogen) atoms. The molecular formula is C27H26ClN3O. The van der Waals surface area contributed by atoms with Crippen molar-refractivity contribution >= 4 is 28.8 Å². The van der Waals surface area contributed by atoms with Crippen LogP contribution >= 0.6 is 11.6 Å². The average molecular weight is 444 g/mol. The number of pyridine rings is 1. The molecule has 1 amide bonds. The van der Waals surface area contributed by atoms with E-state index in [9.17, 15) is 4.79 Å². The van der Waals surface area contributed by atoms with Gasteiger partial charge in [-0.1, -0.05) is 54.8 Å². The van der Waals surface area contributed by atoms with Gasteiger partial charge in [0.1, 0.15) is 5.65 Å². The van der Waals surface area contributed by atoms with Crippen LogP contribution in [0.1, 0.15) is 42.4 Å². The zero-order chi connectivity index (χ0) is 22.3.